The van der Waals surface area contributed by atoms with Crippen LogP contribution in [0.15, 0.2) is 41.8 Å². The minimum absolute atomic E-state index is 0.211. The van der Waals surface area contributed by atoms with Crippen molar-refractivity contribution < 1.29 is 19.1 Å². The first kappa shape index (κ1) is 19.7. The second kappa shape index (κ2) is 9.72. The van der Waals surface area contributed by atoms with Crippen LogP contribution in [0.1, 0.15) is 39.8 Å². The quantitative estimate of drug-likeness (QED) is 0.569. The molecule has 26 heavy (non-hydrogen) atoms. The molecular formula is C19H22N2O4S. The maximum absolute atomic E-state index is 12.5. The topological polar surface area (TPSA) is 75.7 Å². The predicted molar refractivity (Wildman–Crippen MR) is 102 cm³/mol. The van der Waals surface area contributed by atoms with Crippen LogP contribution in [0.2, 0.25) is 0 Å². The van der Waals surface area contributed by atoms with Crippen molar-refractivity contribution in [1.82, 2.24) is 5.32 Å². The van der Waals surface area contributed by atoms with Crippen LogP contribution in [0.3, 0.4) is 0 Å². The molecule has 2 amide bonds. The van der Waals surface area contributed by atoms with Crippen LogP contribution in [0, 0.1) is 0 Å². The number of esters is 1. The van der Waals surface area contributed by atoms with E-state index >= 15 is 0 Å². The predicted octanol–water partition coefficient (Wildman–Crippen LogP) is 3.10. The highest BCUT2D eigenvalue weighted by Gasteiger charge is 2.21. The summed E-state index contributed by atoms with van der Waals surface area (Å²) in [5, 5.41) is 4.50. The van der Waals surface area contributed by atoms with Crippen LogP contribution >= 0.6 is 11.3 Å². The fourth-order valence-corrected chi connectivity index (χ4v) is 2.98. The van der Waals surface area contributed by atoms with Gasteiger partial charge in [0.05, 0.1) is 16.1 Å². The van der Waals surface area contributed by atoms with Gasteiger partial charge in [-0.1, -0.05) is 31.5 Å². The molecule has 0 bridgehead atoms. The molecule has 0 unspecified atom stereocenters. The number of ether oxygens (including phenoxy) is 1. The first-order valence-corrected chi connectivity index (χ1v) is 9.27. The molecule has 1 aromatic heterocycles. The van der Waals surface area contributed by atoms with E-state index in [1.165, 1.54) is 16.2 Å². The third-order valence-electron chi connectivity index (χ3n) is 3.71. The van der Waals surface area contributed by atoms with Crippen molar-refractivity contribution in [3.05, 3.63) is 52.2 Å². The number of benzene rings is 1. The standard InChI is InChI=1S/C19H22N2O4S/c1-3-4-11-20-17(22)13-25-19(24)14-8-5-6-9-15(14)21(2)18(23)16-10-7-12-26-16/h5-10,12H,3-4,11,13H2,1-2H3,(H,20,22). The van der Waals surface area contributed by atoms with Gasteiger partial charge >= 0.3 is 5.97 Å². The van der Waals surface area contributed by atoms with E-state index in [1.807, 2.05) is 12.3 Å². The van der Waals surface area contributed by atoms with Crippen molar-refractivity contribution in [2.24, 2.45) is 0 Å². The van der Waals surface area contributed by atoms with Crippen LogP contribution in [0.4, 0.5) is 5.69 Å². The van der Waals surface area contributed by atoms with Crippen LogP contribution in [-0.4, -0.2) is 38.0 Å². The summed E-state index contributed by atoms with van der Waals surface area (Å²) >= 11 is 1.33. The summed E-state index contributed by atoms with van der Waals surface area (Å²) < 4.78 is 5.10. The van der Waals surface area contributed by atoms with Gasteiger partial charge in [0.25, 0.3) is 11.8 Å². The zero-order chi connectivity index (χ0) is 18.9. The molecule has 0 saturated carbocycles. The molecule has 0 saturated heterocycles. The molecule has 0 spiro atoms. The van der Waals surface area contributed by atoms with Gasteiger partial charge in [0, 0.05) is 13.6 Å². The molecule has 0 aliphatic carbocycles. The molecule has 1 aromatic carbocycles. The number of para-hydroxylation sites is 1. The summed E-state index contributed by atoms with van der Waals surface area (Å²) in [6.45, 7) is 2.23. The number of hydrogen-bond acceptors (Lipinski definition) is 5. The average Bonchev–Trinajstić information content (AvgIpc) is 3.20. The lowest BCUT2D eigenvalue weighted by atomic mass is 10.1. The Kier molecular flexibility index (Phi) is 7.35. The van der Waals surface area contributed by atoms with E-state index in [0.717, 1.165) is 12.8 Å². The summed E-state index contributed by atoms with van der Waals surface area (Å²) in [5.41, 5.74) is 0.670. The van der Waals surface area contributed by atoms with Gasteiger partial charge in [-0.3, -0.25) is 9.59 Å². The molecular weight excluding hydrogens is 352 g/mol. The van der Waals surface area contributed by atoms with Gasteiger partial charge in [-0.15, -0.1) is 11.3 Å². The van der Waals surface area contributed by atoms with Gasteiger partial charge in [0.2, 0.25) is 0 Å². The highest BCUT2D eigenvalue weighted by atomic mass is 32.1. The molecule has 0 aliphatic rings. The Labute approximate surface area is 156 Å². The number of nitrogens with zero attached hydrogens (tertiary/aromatic N) is 1. The largest absolute Gasteiger partial charge is 0.452 e. The number of amides is 2. The van der Waals surface area contributed by atoms with Gasteiger partial charge in [-0.05, 0) is 30.0 Å². The third-order valence-corrected chi connectivity index (χ3v) is 4.57. The molecule has 1 heterocycles. The Morgan fingerprint density at radius 1 is 1.15 bits per heavy atom. The lowest BCUT2D eigenvalue weighted by Crippen LogP contribution is -2.30. The number of thiophene rings is 1. The fourth-order valence-electron chi connectivity index (χ4n) is 2.28. The number of nitrogens with one attached hydrogen (secondary N) is 1. The Morgan fingerprint density at radius 2 is 1.92 bits per heavy atom. The number of unbranched alkanes of at least 4 members (excludes halogenated alkanes) is 1. The van der Waals surface area contributed by atoms with Crippen LogP contribution in [0.5, 0.6) is 0 Å². The molecule has 0 aliphatic heterocycles. The normalized spacial score (nSPS) is 10.2. The number of rotatable bonds is 8. The number of carbonyl (C=O) groups excluding carboxylic acids is 3. The van der Waals surface area contributed by atoms with Gasteiger partial charge in [-0.2, -0.15) is 0 Å². The molecule has 0 radical (unpaired) electrons. The Bertz CT molecular complexity index is 759. The van der Waals surface area contributed by atoms with Crippen molar-refractivity contribution in [3.8, 4) is 0 Å². The zero-order valence-electron chi connectivity index (χ0n) is 14.9. The second-order valence-electron chi connectivity index (χ2n) is 5.64. The monoisotopic (exact) mass is 374 g/mol. The number of anilines is 1. The Balaban J connectivity index is 2.04. The number of carbonyl (C=O) groups is 3. The maximum atomic E-state index is 12.5. The summed E-state index contributed by atoms with van der Waals surface area (Å²) in [4.78, 5) is 38.6. The van der Waals surface area contributed by atoms with Crippen molar-refractivity contribution in [1.29, 1.82) is 0 Å². The van der Waals surface area contributed by atoms with E-state index in [4.69, 9.17) is 4.74 Å². The van der Waals surface area contributed by atoms with E-state index in [0.29, 0.717) is 17.1 Å². The summed E-state index contributed by atoms with van der Waals surface area (Å²) in [7, 11) is 1.60. The molecule has 2 aromatic rings. The van der Waals surface area contributed by atoms with E-state index < -0.39 is 5.97 Å². The molecule has 138 valence electrons. The summed E-state index contributed by atoms with van der Waals surface area (Å²) in [5.74, 6) is -1.19. The van der Waals surface area contributed by atoms with Gasteiger partial charge in [0.1, 0.15) is 0 Å². The molecule has 6 nitrogen and oxygen atoms in total. The smallest absolute Gasteiger partial charge is 0.340 e. The minimum Gasteiger partial charge on any atom is -0.452 e. The first-order chi connectivity index (χ1) is 12.5. The third kappa shape index (κ3) is 5.16. The number of hydrogen-bond donors (Lipinski definition) is 1. The second-order valence-corrected chi connectivity index (χ2v) is 6.59. The molecule has 0 fully saturated rings. The summed E-state index contributed by atoms with van der Waals surface area (Å²) in [6, 6.07) is 10.2. The van der Waals surface area contributed by atoms with Crippen molar-refractivity contribution in [2.45, 2.75) is 19.8 Å². The van der Waals surface area contributed by atoms with Crippen molar-refractivity contribution in [3.63, 3.8) is 0 Å². The van der Waals surface area contributed by atoms with Crippen LogP contribution < -0.4 is 10.2 Å². The molecule has 1 N–H and O–H groups in total. The van der Waals surface area contributed by atoms with Crippen molar-refractivity contribution >= 4 is 34.8 Å². The first-order valence-electron chi connectivity index (χ1n) is 8.39. The van der Waals surface area contributed by atoms with Crippen molar-refractivity contribution in [2.75, 3.05) is 25.1 Å². The average molecular weight is 374 g/mol. The Morgan fingerprint density at radius 3 is 2.62 bits per heavy atom. The van der Waals surface area contributed by atoms with E-state index in [9.17, 15) is 14.4 Å². The highest BCUT2D eigenvalue weighted by Crippen LogP contribution is 2.23. The zero-order valence-corrected chi connectivity index (χ0v) is 15.7. The van der Waals surface area contributed by atoms with E-state index in [-0.39, 0.29) is 24.0 Å². The van der Waals surface area contributed by atoms with Gasteiger partial charge in [0.15, 0.2) is 6.61 Å². The fraction of sp³-hybridized carbons (Fsp3) is 0.316. The molecule has 7 heteroatoms. The summed E-state index contributed by atoms with van der Waals surface area (Å²) in [6.07, 6.45) is 1.84. The van der Waals surface area contributed by atoms with Crippen LogP contribution in [-0.2, 0) is 9.53 Å². The SMILES string of the molecule is CCCCNC(=O)COC(=O)c1ccccc1N(C)C(=O)c1cccs1. The van der Waals surface area contributed by atoms with Crippen LogP contribution in [0.25, 0.3) is 0 Å². The van der Waals surface area contributed by atoms with E-state index in [2.05, 4.69) is 5.32 Å². The van der Waals surface area contributed by atoms with Gasteiger partial charge in [-0.25, -0.2) is 4.79 Å². The minimum atomic E-state index is -0.642. The lowest BCUT2D eigenvalue weighted by molar-refractivity contribution is -0.124. The lowest BCUT2D eigenvalue weighted by Gasteiger charge is -2.19. The Hall–Kier alpha value is -2.67. The van der Waals surface area contributed by atoms with E-state index in [1.54, 1.807) is 43.4 Å². The highest BCUT2D eigenvalue weighted by molar-refractivity contribution is 7.12. The molecule has 2 rings (SSSR count). The molecule has 0 atom stereocenters. The maximum Gasteiger partial charge on any atom is 0.340 e. The van der Waals surface area contributed by atoms with Gasteiger partial charge < -0.3 is 15.0 Å².